The van der Waals surface area contributed by atoms with E-state index in [0.717, 1.165) is 0 Å². The molecule has 5 nitrogen and oxygen atoms in total. The second-order valence-corrected chi connectivity index (χ2v) is 12.5. The smallest absolute Gasteiger partial charge is 0.492 e. The number of carbonyl (C=O) groups is 1. The van der Waals surface area contributed by atoms with Crippen molar-refractivity contribution in [1.82, 2.24) is 0 Å². The first-order valence-electron chi connectivity index (χ1n) is 8.12. The maximum Gasteiger partial charge on any atom is 0.509 e. The predicted molar refractivity (Wildman–Crippen MR) is 86.2 cm³/mol. The Labute approximate surface area is 134 Å². The van der Waals surface area contributed by atoms with E-state index < -0.39 is 20.6 Å². The first-order chi connectivity index (χ1) is 10.3. The van der Waals surface area contributed by atoms with Crippen molar-refractivity contribution >= 4 is 14.5 Å². The largest absolute Gasteiger partial charge is 0.509 e. The standard InChI is InChI=1S/C16H28O5Si/c1-10(2)22(11(3)4,12(5)6)19-9-14-15-13(7-8-18-14)20-16(17)21-15/h7-8,10-15H,9H2,1-6H3. The highest BCUT2D eigenvalue weighted by molar-refractivity contribution is 6.77. The highest BCUT2D eigenvalue weighted by Crippen LogP contribution is 2.42. The zero-order valence-electron chi connectivity index (χ0n) is 14.4. The van der Waals surface area contributed by atoms with Gasteiger partial charge >= 0.3 is 6.16 Å². The second kappa shape index (κ2) is 6.62. The van der Waals surface area contributed by atoms with Crippen molar-refractivity contribution in [3.05, 3.63) is 12.3 Å². The van der Waals surface area contributed by atoms with Gasteiger partial charge in [0, 0.05) is 0 Å². The lowest BCUT2D eigenvalue weighted by Gasteiger charge is -2.43. The predicted octanol–water partition coefficient (Wildman–Crippen LogP) is 4.00. The molecule has 126 valence electrons. The molecule has 1 fully saturated rings. The highest BCUT2D eigenvalue weighted by atomic mass is 28.4. The number of rotatable bonds is 6. The van der Waals surface area contributed by atoms with E-state index >= 15 is 0 Å². The lowest BCUT2D eigenvalue weighted by molar-refractivity contribution is -0.0288. The molecular weight excluding hydrogens is 300 g/mol. The molecule has 0 radical (unpaired) electrons. The summed E-state index contributed by atoms with van der Waals surface area (Å²) < 4.78 is 22.5. The highest BCUT2D eigenvalue weighted by Gasteiger charge is 2.48. The topological polar surface area (TPSA) is 54.0 Å². The van der Waals surface area contributed by atoms with Crippen LogP contribution in [0.4, 0.5) is 4.79 Å². The van der Waals surface area contributed by atoms with Crippen LogP contribution < -0.4 is 0 Å². The summed E-state index contributed by atoms with van der Waals surface area (Å²) >= 11 is 0. The number of carbonyl (C=O) groups excluding carboxylic acids is 1. The summed E-state index contributed by atoms with van der Waals surface area (Å²) in [4.78, 5) is 11.3. The second-order valence-electron chi connectivity index (χ2n) is 7.05. The van der Waals surface area contributed by atoms with Gasteiger partial charge in [0.25, 0.3) is 0 Å². The summed E-state index contributed by atoms with van der Waals surface area (Å²) in [5.74, 6) is 0. The molecule has 0 aromatic carbocycles. The minimum atomic E-state index is -1.96. The fourth-order valence-electron chi connectivity index (χ4n) is 3.98. The molecule has 2 aliphatic rings. The van der Waals surface area contributed by atoms with Crippen LogP contribution in [-0.2, 0) is 18.6 Å². The molecule has 0 bridgehead atoms. The van der Waals surface area contributed by atoms with Crippen LogP contribution in [0.15, 0.2) is 12.3 Å². The van der Waals surface area contributed by atoms with Crippen LogP contribution in [-0.4, -0.2) is 39.4 Å². The van der Waals surface area contributed by atoms with Gasteiger partial charge in [-0.05, 0) is 22.7 Å². The third-order valence-electron chi connectivity index (χ3n) is 4.88. The van der Waals surface area contributed by atoms with Crippen molar-refractivity contribution in [2.75, 3.05) is 6.61 Å². The summed E-state index contributed by atoms with van der Waals surface area (Å²) in [6, 6.07) is 0. The zero-order valence-corrected chi connectivity index (χ0v) is 15.4. The molecule has 0 spiro atoms. The van der Waals surface area contributed by atoms with Gasteiger partial charge in [0.15, 0.2) is 18.3 Å². The Morgan fingerprint density at radius 1 is 1.09 bits per heavy atom. The number of ether oxygens (including phenoxy) is 3. The zero-order chi connectivity index (χ0) is 16.5. The molecule has 0 aromatic heterocycles. The first kappa shape index (κ1) is 17.3. The van der Waals surface area contributed by atoms with Crippen LogP contribution in [0, 0.1) is 0 Å². The van der Waals surface area contributed by atoms with Gasteiger partial charge in [0.1, 0.15) is 0 Å². The van der Waals surface area contributed by atoms with Gasteiger partial charge in [-0.3, -0.25) is 0 Å². The molecule has 2 aliphatic heterocycles. The fraction of sp³-hybridized carbons (Fsp3) is 0.812. The fourth-order valence-corrected chi connectivity index (χ4v) is 9.44. The van der Waals surface area contributed by atoms with Crippen molar-refractivity contribution < 1.29 is 23.4 Å². The molecule has 3 atom stereocenters. The van der Waals surface area contributed by atoms with Gasteiger partial charge in [-0.15, -0.1) is 0 Å². The Morgan fingerprint density at radius 2 is 1.68 bits per heavy atom. The van der Waals surface area contributed by atoms with Crippen LogP contribution >= 0.6 is 0 Å². The SMILES string of the molecule is CC(C)[Si](OCC1OC=CC2OC(=O)OC21)(C(C)C)C(C)C. The van der Waals surface area contributed by atoms with Gasteiger partial charge in [-0.25, -0.2) is 4.79 Å². The quantitative estimate of drug-likeness (QED) is 0.545. The molecular formula is C16H28O5Si. The Bertz CT molecular complexity index is 410. The molecule has 0 amide bonds. The maximum atomic E-state index is 11.3. The third kappa shape index (κ3) is 3.04. The van der Waals surface area contributed by atoms with Crippen molar-refractivity contribution in [2.24, 2.45) is 0 Å². The molecule has 3 unspecified atom stereocenters. The van der Waals surface area contributed by atoms with Gasteiger partial charge in [-0.2, -0.15) is 0 Å². The van der Waals surface area contributed by atoms with Crippen LogP contribution in [0.1, 0.15) is 41.5 Å². The van der Waals surface area contributed by atoms with Crippen molar-refractivity contribution in [2.45, 2.75) is 76.5 Å². The van der Waals surface area contributed by atoms with Crippen LogP contribution in [0.25, 0.3) is 0 Å². The number of fused-ring (bicyclic) bond motifs is 1. The molecule has 0 aromatic rings. The van der Waals surface area contributed by atoms with Crippen molar-refractivity contribution in [3.63, 3.8) is 0 Å². The van der Waals surface area contributed by atoms with Gasteiger partial charge in [0.2, 0.25) is 8.32 Å². The summed E-state index contributed by atoms with van der Waals surface area (Å²) in [5, 5.41) is 0. The molecule has 1 saturated heterocycles. The Balaban J connectivity index is 2.09. The molecule has 0 aliphatic carbocycles. The first-order valence-corrected chi connectivity index (χ1v) is 10.3. The van der Waals surface area contributed by atoms with Gasteiger partial charge < -0.3 is 18.6 Å². The van der Waals surface area contributed by atoms with E-state index in [0.29, 0.717) is 23.2 Å². The van der Waals surface area contributed by atoms with Crippen molar-refractivity contribution in [1.29, 1.82) is 0 Å². The minimum Gasteiger partial charge on any atom is -0.492 e. The minimum absolute atomic E-state index is 0.301. The van der Waals surface area contributed by atoms with E-state index in [4.69, 9.17) is 18.6 Å². The Morgan fingerprint density at radius 3 is 2.23 bits per heavy atom. The summed E-state index contributed by atoms with van der Waals surface area (Å²) in [6.07, 6.45) is 1.60. The molecule has 2 heterocycles. The van der Waals surface area contributed by atoms with Crippen LogP contribution in [0.3, 0.4) is 0 Å². The van der Waals surface area contributed by atoms with Crippen LogP contribution in [0.5, 0.6) is 0 Å². The lowest BCUT2D eigenvalue weighted by Crippen LogP contribution is -2.51. The van der Waals surface area contributed by atoms with Crippen LogP contribution in [0.2, 0.25) is 16.6 Å². The van der Waals surface area contributed by atoms with E-state index in [1.807, 2.05) is 0 Å². The number of hydrogen-bond donors (Lipinski definition) is 0. The Kier molecular flexibility index (Phi) is 5.22. The average Bonchev–Trinajstić information content (AvgIpc) is 2.79. The molecule has 6 heteroatoms. The summed E-state index contributed by atoms with van der Waals surface area (Å²) in [5.41, 5.74) is 1.51. The average molecular weight is 328 g/mol. The van der Waals surface area contributed by atoms with E-state index in [1.54, 1.807) is 12.3 Å². The molecule has 0 saturated carbocycles. The molecule has 2 rings (SSSR count). The molecule has 22 heavy (non-hydrogen) atoms. The van der Waals surface area contributed by atoms with E-state index in [-0.39, 0.29) is 12.2 Å². The summed E-state index contributed by atoms with van der Waals surface area (Å²) in [7, 11) is -1.96. The molecule has 0 N–H and O–H groups in total. The lowest BCUT2D eigenvalue weighted by atomic mass is 10.1. The van der Waals surface area contributed by atoms with Crippen molar-refractivity contribution in [3.8, 4) is 0 Å². The number of hydrogen-bond acceptors (Lipinski definition) is 5. The van der Waals surface area contributed by atoms with E-state index in [1.165, 1.54) is 0 Å². The third-order valence-corrected chi connectivity index (χ3v) is 11.0. The Hall–Kier alpha value is -1.01. The van der Waals surface area contributed by atoms with Gasteiger partial charge in [-0.1, -0.05) is 41.5 Å². The summed E-state index contributed by atoms with van der Waals surface area (Å²) in [6.45, 7) is 13.9. The van der Waals surface area contributed by atoms with E-state index in [2.05, 4.69) is 41.5 Å². The normalized spacial score (nSPS) is 27.9. The van der Waals surface area contributed by atoms with Gasteiger partial charge in [0.05, 0.1) is 12.9 Å². The van der Waals surface area contributed by atoms with E-state index in [9.17, 15) is 4.79 Å². The monoisotopic (exact) mass is 328 g/mol. The maximum absolute atomic E-state index is 11.3.